The van der Waals surface area contributed by atoms with E-state index in [4.69, 9.17) is 11.6 Å². The van der Waals surface area contributed by atoms with Crippen molar-refractivity contribution in [1.82, 2.24) is 4.31 Å². The summed E-state index contributed by atoms with van der Waals surface area (Å²) >= 11 is 5.85. The highest BCUT2D eigenvalue weighted by Gasteiger charge is 2.32. The topological polar surface area (TPSA) is 66.8 Å². The van der Waals surface area contributed by atoms with E-state index in [1.165, 1.54) is 22.5 Å². The molecule has 108 valence electrons. The van der Waals surface area contributed by atoms with Gasteiger partial charge < -0.3 is 0 Å². The van der Waals surface area contributed by atoms with Gasteiger partial charge in [-0.1, -0.05) is 24.1 Å². The molecule has 20 heavy (non-hydrogen) atoms. The van der Waals surface area contributed by atoms with Crippen LogP contribution in [0.1, 0.15) is 25.7 Å². The number of carbonyl (C=O) groups excluding carboxylic acids is 1. The summed E-state index contributed by atoms with van der Waals surface area (Å²) in [5.74, 6) is 0. The van der Waals surface area contributed by atoms with E-state index < -0.39 is 16.2 Å². The van der Waals surface area contributed by atoms with Gasteiger partial charge in [0.2, 0.25) is 16.1 Å². The smallest absolute Gasteiger partial charge is 0.211 e. The summed E-state index contributed by atoms with van der Waals surface area (Å²) in [5.41, 5.74) is 0. The van der Waals surface area contributed by atoms with Crippen molar-refractivity contribution in [1.29, 1.82) is 0 Å². The fourth-order valence-corrected chi connectivity index (χ4v) is 4.19. The van der Waals surface area contributed by atoms with Crippen molar-refractivity contribution in [2.75, 3.05) is 6.54 Å². The fraction of sp³-hybridized carbons (Fsp3) is 0.462. The molecule has 1 unspecified atom stereocenters. The molecular weight excluding hydrogens is 300 g/mol. The molecule has 0 radical (unpaired) electrons. The van der Waals surface area contributed by atoms with Crippen molar-refractivity contribution in [3.8, 4) is 0 Å². The first-order valence-corrected chi connectivity index (χ1v) is 8.22. The second-order valence-electron chi connectivity index (χ2n) is 4.62. The van der Waals surface area contributed by atoms with Gasteiger partial charge in [0, 0.05) is 11.6 Å². The Kier molecular flexibility index (Phi) is 4.94. The molecule has 0 spiro atoms. The Bertz CT molecular complexity index is 626. The summed E-state index contributed by atoms with van der Waals surface area (Å²) in [4.78, 5) is 14.3. The Hall–Kier alpha value is -1.20. The van der Waals surface area contributed by atoms with E-state index in [2.05, 4.69) is 4.99 Å². The van der Waals surface area contributed by atoms with Crippen LogP contribution in [0, 0.1) is 0 Å². The van der Waals surface area contributed by atoms with Gasteiger partial charge in [0.15, 0.2) is 0 Å². The largest absolute Gasteiger partial charge is 0.244 e. The minimum atomic E-state index is -3.70. The molecule has 1 fully saturated rings. The van der Waals surface area contributed by atoms with Gasteiger partial charge in [0.25, 0.3) is 0 Å². The number of hydrogen-bond donors (Lipinski definition) is 0. The molecule has 0 bridgehead atoms. The first kappa shape index (κ1) is 15.2. The van der Waals surface area contributed by atoms with Crippen LogP contribution in [-0.4, -0.2) is 31.5 Å². The molecule has 1 saturated heterocycles. The highest BCUT2D eigenvalue weighted by Crippen LogP contribution is 2.26. The standard InChI is InChI=1S/C13H15ClN2O3S/c14-11-5-4-6-12(9-11)20(18,19)16-8-3-1-2-7-13(16)15-10-17/h4-6,9,13H,1-3,7-8H2. The molecule has 0 aromatic heterocycles. The molecule has 0 aliphatic carbocycles. The Morgan fingerprint density at radius 2 is 2.10 bits per heavy atom. The minimum Gasteiger partial charge on any atom is -0.211 e. The highest BCUT2D eigenvalue weighted by atomic mass is 35.5. The van der Waals surface area contributed by atoms with Gasteiger partial charge in [-0.25, -0.2) is 13.2 Å². The maximum absolute atomic E-state index is 12.7. The molecule has 1 aromatic rings. The summed E-state index contributed by atoms with van der Waals surface area (Å²) in [7, 11) is -3.70. The maximum Gasteiger partial charge on any atom is 0.244 e. The molecule has 1 aliphatic rings. The van der Waals surface area contributed by atoms with Crippen LogP contribution in [0.2, 0.25) is 5.02 Å². The predicted molar refractivity (Wildman–Crippen MR) is 75.7 cm³/mol. The van der Waals surface area contributed by atoms with Crippen LogP contribution in [0.3, 0.4) is 0 Å². The van der Waals surface area contributed by atoms with Gasteiger partial charge in [-0.2, -0.15) is 9.30 Å². The van der Waals surface area contributed by atoms with Crippen molar-refractivity contribution in [3.05, 3.63) is 29.3 Å². The van der Waals surface area contributed by atoms with Crippen molar-refractivity contribution in [3.63, 3.8) is 0 Å². The number of rotatable bonds is 3. The van der Waals surface area contributed by atoms with E-state index in [9.17, 15) is 13.2 Å². The third kappa shape index (κ3) is 3.27. The van der Waals surface area contributed by atoms with Crippen molar-refractivity contribution in [2.24, 2.45) is 4.99 Å². The van der Waals surface area contributed by atoms with E-state index in [1.54, 1.807) is 12.1 Å². The SMILES string of the molecule is O=C=NC1CCCCCN1S(=O)(=O)c1cccc(Cl)c1. The zero-order valence-electron chi connectivity index (χ0n) is 10.8. The Labute approximate surface area is 123 Å². The average Bonchev–Trinajstić information content (AvgIpc) is 2.65. The molecule has 1 aliphatic heterocycles. The Morgan fingerprint density at radius 1 is 1.30 bits per heavy atom. The van der Waals surface area contributed by atoms with Gasteiger partial charge in [0.05, 0.1) is 4.90 Å². The van der Waals surface area contributed by atoms with E-state index in [1.807, 2.05) is 0 Å². The molecule has 1 aromatic carbocycles. The number of aliphatic imine (C=N–C) groups is 1. The lowest BCUT2D eigenvalue weighted by Gasteiger charge is -2.25. The molecule has 0 saturated carbocycles. The first-order chi connectivity index (χ1) is 9.55. The zero-order chi connectivity index (χ0) is 14.6. The zero-order valence-corrected chi connectivity index (χ0v) is 12.4. The number of isocyanates is 1. The minimum absolute atomic E-state index is 0.123. The van der Waals surface area contributed by atoms with Gasteiger partial charge in [0.1, 0.15) is 6.17 Å². The first-order valence-electron chi connectivity index (χ1n) is 6.40. The fourth-order valence-electron chi connectivity index (χ4n) is 2.30. The summed E-state index contributed by atoms with van der Waals surface area (Å²) in [6.07, 6.45) is 3.86. The van der Waals surface area contributed by atoms with Crippen molar-refractivity contribution >= 4 is 27.7 Å². The lowest BCUT2D eigenvalue weighted by atomic mass is 10.2. The third-order valence-corrected chi connectivity index (χ3v) is 5.41. The lowest BCUT2D eigenvalue weighted by Crippen LogP contribution is -2.38. The number of benzene rings is 1. The molecular formula is C13H15ClN2O3S. The van der Waals surface area contributed by atoms with Crippen molar-refractivity contribution < 1.29 is 13.2 Å². The number of halogens is 1. The van der Waals surface area contributed by atoms with Gasteiger partial charge in [-0.15, -0.1) is 0 Å². The van der Waals surface area contributed by atoms with Crippen LogP contribution >= 0.6 is 11.6 Å². The lowest BCUT2D eigenvalue weighted by molar-refractivity contribution is 0.330. The molecule has 1 atom stereocenters. The van der Waals surface area contributed by atoms with Crippen LogP contribution in [0.25, 0.3) is 0 Å². The van der Waals surface area contributed by atoms with Gasteiger partial charge >= 0.3 is 0 Å². The summed E-state index contributed by atoms with van der Waals surface area (Å²) < 4.78 is 26.6. The average molecular weight is 315 g/mol. The molecule has 0 N–H and O–H groups in total. The highest BCUT2D eigenvalue weighted by molar-refractivity contribution is 7.89. The van der Waals surface area contributed by atoms with Crippen LogP contribution in [0.4, 0.5) is 0 Å². The molecule has 2 rings (SSSR count). The van der Waals surface area contributed by atoms with Gasteiger partial charge in [-0.3, -0.25) is 0 Å². The van der Waals surface area contributed by atoms with E-state index in [0.717, 1.165) is 19.3 Å². The normalized spacial score (nSPS) is 20.9. The second kappa shape index (κ2) is 6.50. The monoisotopic (exact) mass is 314 g/mol. The summed E-state index contributed by atoms with van der Waals surface area (Å²) in [6, 6.07) is 6.10. The third-order valence-electron chi connectivity index (χ3n) is 3.28. The molecule has 7 heteroatoms. The second-order valence-corrected chi connectivity index (χ2v) is 6.95. The molecule has 1 heterocycles. The Balaban J connectivity index is 2.41. The van der Waals surface area contributed by atoms with Crippen LogP contribution in [0.15, 0.2) is 34.2 Å². The van der Waals surface area contributed by atoms with Gasteiger partial charge in [-0.05, 0) is 37.5 Å². The summed E-state index contributed by atoms with van der Waals surface area (Å²) in [5, 5.41) is 0.358. The van der Waals surface area contributed by atoms with E-state index >= 15 is 0 Å². The molecule has 5 nitrogen and oxygen atoms in total. The number of sulfonamides is 1. The van der Waals surface area contributed by atoms with E-state index in [0.29, 0.717) is 18.0 Å². The number of hydrogen-bond acceptors (Lipinski definition) is 4. The molecule has 0 amide bonds. The van der Waals surface area contributed by atoms with Crippen LogP contribution in [-0.2, 0) is 14.8 Å². The predicted octanol–water partition coefficient (Wildman–Crippen LogP) is 2.57. The Morgan fingerprint density at radius 3 is 2.80 bits per heavy atom. The van der Waals surface area contributed by atoms with E-state index in [-0.39, 0.29) is 4.90 Å². The van der Waals surface area contributed by atoms with Crippen LogP contribution < -0.4 is 0 Å². The van der Waals surface area contributed by atoms with Crippen LogP contribution in [0.5, 0.6) is 0 Å². The maximum atomic E-state index is 12.7. The quantitative estimate of drug-likeness (QED) is 0.636. The summed E-state index contributed by atoms with van der Waals surface area (Å²) in [6.45, 7) is 0.352. The number of nitrogens with zero attached hydrogens (tertiary/aromatic N) is 2. The van der Waals surface area contributed by atoms with Crippen molar-refractivity contribution in [2.45, 2.75) is 36.7 Å².